The second-order valence-electron chi connectivity index (χ2n) is 6.84. The van der Waals surface area contributed by atoms with E-state index in [-0.39, 0.29) is 5.41 Å². The highest BCUT2D eigenvalue weighted by molar-refractivity contribution is 5.85. The average Bonchev–Trinajstić information content (AvgIpc) is 3.03. The molecule has 0 spiro atoms. The number of aromatic nitrogens is 3. The summed E-state index contributed by atoms with van der Waals surface area (Å²) >= 11 is 0. The van der Waals surface area contributed by atoms with Gasteiger partial charge in [-0.3, -0.25) is 5.10 Å². The van der Waals surface area contributed by atoms with Crippen LogP contribution in [0.1, 0.15) is 31.9 Å². The van der Waals surface area contributed by atoms with Crippen molar-refractivity contribution in [3.05, 3.63) is 53.7 Å². The van der Waals surface area contributed by atoms with Gasteiger partial charge in [-0.25, -0.2) is 0 Å². The molecule has 1 heterocycles. The molecular formula is C19H21N3O. The van der Waals surface area contributed by atoms with Gasteiger partial charge in [0, 0.05) is 11.1 Å². The van der Waals surface area contributed by atoms with E-state index in [9.17, 15) is 5.11 Å². The van der Waals surface area contributed by atoms with Gasteiger partial charge in [-0.15, -0.1) is 5.10 Å². The fourth-order valence-electron chi connectivity index (χ4n) is 2.69. The van der Waals surface area contributed by atoms with Crippen LogP contribution in [0.5, 0.6) is 5.75 Å². The Morgan fingerprint density at radius 1 is 1.00 bits per heavy atom. The molecule has 2 N–H and O–H groups in total. The van der Waals surface area contributed by atoms with Crippen molar-refractivity contribution < 1.29 is 5.11 Å². The smallest absolute Gasteiger partial charge is 0.126 e. The van der Waals surface area contributed by atoms with Crippen molar-refractivity contribution in [1.82, 2.24) is 15.4 Å². The molecule has 0 fully saturated rings. The molecule has 0 aliphatic heterocycles. The molecule has 0 unspecified atom stereocenters. The third-order valence-electron chi connectivity index (χ3n) is 4.08. The lowest BCUT2D eigenvalue weighted by molar-refractivity contribution is 0.472. The van der Waals surface area contributed by atoms with Crippen molar-refractivity contribution in [2.45, 2.75) is 33.1 Å². The van der Waals surface area contributed by atoms with Crippen LogP contribution in [0.15, 0.2) is 42.6 Å². The minimum Gasteiger partial charge on any atom is -0.507 e. The first-order valence-electron chi connectivity index (χ1n) is 7.68. The minimum atomic E-state index is 0.00996. The number of benzene rings is 2. The molecule has 0 aliphatic carbocycles. The number of rotatable bonds is 2. The maximum absolute atomic E-state index is 10.6. The molecule has 0 amide bonds. The number of H-pyrrole nitrogens is 1. The van der Waals surface area contributed by atoms with Crippen LogP contribution in [0, 0.1) is 6.92 Å². The maximum Gasteiger partial charge on any atom is 0.126 e. The largest absolute Gasteiger partial charge is 0.507 e. The third-order valence-corrected chi connectivity index (χ3v) is 4.08. The van der Waals surface area contributed by atoms with Gasteiger partial charge in [-0.05, 0) is 35.1 Å². The summed E-state index contributed by atoms with van der Waals surface area (Å²) in [6, 6.07) is 12.1. The highest BCUT2D eigenvalue weighted by Gasteiger charge is 2.20. The molecule has 3 rings (SSSR count). The lowest BCUT2D eigenvalue weighted by atomic mass is 9.83. The van der Waals surface area contributed by atoms with Gasteiger partial charge in [0.05, 0.1) is 6.20 Å². The summed E-state index contributed by atoms with van der Waals surface area (Å²) in [6.45, 7) is 8.46. The van der Waals surface area contributed by atoms with E-state index in [2.05, 4.69) is 48.3 Å². The first-order chi connectivity index (χ1) is 10.9. The predicted octanol–water partition coefficient (Wildman–Crippen LogP) is 4.45. The molecule has 0 saturated heterocycles. The molecule has 0 atom stereocenters. The molecule has 118 valence electrons. The van der Waals surface area contributed by atoms with Crippen LogP contribution in [0.25, 0.3) is 22.4 Å². The van der Waals surface area contributed by atoms with E-state index in [1.807, 2.05) is 31.2 Å². The number of hydrogen-bond acceptors (Lipinski definition) is 3. The Morgan fingerprint density at radius 3 is 2.30 bits per heavy atom. The lowest BCUT2D eigenvalue weighted by Crippen LogP contribution is -2.11. The van der Waals surface area contributed by atoms with Crippen molar-refractivity contribution in [2.24, 2.45) is 0 Å². The third kappa shape index (κ3) is 2.84. The number of phenolic OH excluding ortho intramolecular Hbond substituents is 1. The Hall–Kier alpha value is -2.62. The second kappa shape index (κ2) is 5.54. The van der Waals surface area contributed by atoms with Gasteiger partial charge in [0.2, 0.25) is 0 Å². The van der Waals surface area contributed by atoms with Crippen molar-refractivity contribution in [1.29, 1.82) is 0 Å². The quantitative estimate of drug-likeness (QED) is 0.735. The molecule has 0 bridgehead atoms. The second-order valence-corrected chi connectivity index (χ2v) is 6.84. The molecular weight excluding hydrogens is 286 g/mol. The number of hydrogen-bond donors (Lipinski definition) is 2. The van der Waals surface area contributed by atoms with E-state index in [0.29, 0.717) is 5.75 Å². The normalized spacial score (nSPS) is 11.7. The number of nitrogens with zero attached hydrogens (tertiary/aromatic N) is 2. The Labute approximate surface area is 136 Å². The van der Waals surface area contributed by atoms with Gasteiger partial charge in [-0.1, -0.05) is 56.3 Å². The summed E-state index contributed by atoms with van der Waals surface area (Å²) in [4.78, 5) is 0. The SMILES string of the molecule is Cc1cc(C(C)(C)C)cc(-c2ccccc2-c2c[nH]nn2)c1O. The number of aryl methyl sites for hydroxylation is 1. The van der Waals surface area contributed by atoms with Gasteiger partial charge in [0.15, 0.2) is 0 Å². The van der Waals surface area contributed by atoms with Crippen LogP contribution < -0.4 is 0 Å². The van der Waals surface area contributed by atoms with Gasteiger partial charge >= 0.3 is 0 Å². The molecule has 0 aliphatic rings. The Morgan fingerprint density at radius 2 is 1.70 bits per heavy atom. The Bertz CT molecular complexity index is 830. The van der Waals surface area contributed by atoms with Crippen molar-refractivity contribution in [3.8, 4) is 28.1 Å². The summed E-state index contributed by atoms with van der Waals surface area (Å²) in [5.74, 6) is 0.314. The summed E-state index contributed by atoms with van der Waals surface area (Å²) < 4.78 is 0. The van der Waals surface area contributed by atoms with Crippen LogP contribution in [0.4, 0.5) is 0 Å². The van der Waals surface area contributed by atoms with Crippen molar-refractivity contribution in [3.63, 3.8) is 0 Å². The zero-order chi connectivity index (χ0) is 16.6. The Kier molecular flexibility index (Phi) is 3.68. The van der Waals surface area contributed by atoms with Crippen LogP contribution in [0.2, 0.25) is 0 Å². The molecule has 0 saturated carbocycles. The molecule has 2 aromatic carbocycles. The monoisotopic (exact) mass is 307 g/mol. The first-order valence-corrected chi connectivity index (χ1v) is 7.68. The standard InChI is InChI=1S/C19H21N3O/c1-12-9-13(19(2,3)4)10-16(18(12)23)14-7-5-6-8-15(14)17-11-20-22-21-17/h5-11,23H,1-4H3,(H,20,21,22). The zero-order valence-corrected chi connectivity index (χ0v) is 13.9. The van der Waals surface area contributed by atoms with E-state index in [1.54, 1.807) is 6.20 Å². The Balaban J connectivity index is 2.26. The minimum absolute atomic E-state index is 0.00996. The van der Waals surface area contributed by atoms with E-state index in [0.717, 1.165) is 27.9 Å². The molecule has 1 aromatic heterocycles. The van der Waals surface area contributed by atoms with E-state index in [1.165, 1.54) is 5.56 Å². The van der Waals surface area contributed by atoms with Gasteiger partial charge in [0.1, 0.15) is 11.4 Å². The van der Waals surface area contributed by atoms with Crippen LogP contribution >= 0.6 is 0 Å². The van der Waals surface area contributed by atoms with Crippen molar-refractivity contribution >= 4 is 0 Å². The number of nitrogens with one attached hydrogen (secondary N) is 1. The van der Waals surface area contributed by atoms with Gasteiger partial charge in [-0.2, -0.15) is 0 Å². The van der Waals surface area contributed by atoms with Gasteiger partial charge in [0.25, 0.3) is 0 Å². The molecule has 4 heteroatoms. The number of phenols is 1. The van der Waals surface area contributed by atoms with Crippen LogP contribution in [-0.2, 0) is 5.41 Å². The fourth-order valence-corrected chi connectivity index (χ4v) is 2.69. The topological polar surface area (TPSA) is 61.8 Å². The molecule has 4 nitrogen and oxygen atoms in total. The van der Waals surface area contributed by atoms with Crippen molar-refractivity contribution in [2.75, 3.05) is 0 Å². The first kappa shape index (κ1) is 15.3. The zero-order valence-electron chi connectivity index (χ0n) is 13.9. The molecule has 3 aromatic rings. The van der Waals surface area contributed by atoms with Crippen LogP contribution in [0.3, 0.4) is 0 Å². The predicted molar refractivity (Wildman–Crippen MR) is 92.4 cm³/mol. The van der Waals surface area contributed by atoms with Gasteiger partial charge < -0.3 is 5.11 Å². The molecule has 0 radical (unpaired) electrons. The summed E-state index contributed by atoms with van der Waals surface area (Å²) in [5.41, 5.74) is 5.57. The van der Waals surface area contributed by atoms with E-state index in [4.69, 9.17) is 0 Å². The van der Waals surface area contributed by atoms with E-state index >= 15 is 0 Å². The average molecular weight is 307 g/mol. The lowest BCUT2D eigenvalue weighted by Gasteiger charge is -2.22. The highest BCUT2D eigenvalue weighted by atomic mass is 16.3. The number of aromatic amines is 1. The summed E-state index contributed by atoms with van der Waals surface area (Å²) in [5, 5.41) is 21.3. The summed E-state index contributed by atoms with van der Waals surface area (Å²) in [6.07, 6.45) is 1.76. The fraction of sp³-hybridized carbons (Fsp3) is 0.263. The highest BCUT2D eigenvalue weighted by Crippen LogP contribution is 2.40. The van der Waals surface area contributed by atoms with E-state index < -0.39 is 0 Å². The number of aromatic hydroxyl groups is 1. The maximum atomic E-state index is 10.6. The summed E-state index contributed by atoms with van der Waals surface area (Å²) in [7, 11) is 0. The molecule has 23 heavy (non-hydrogen) atoms. The van der Waals surface area contributed by atoms with Crippen LogP contribution in [-0.4, -0.2) is 20.5 Å².